The van der Waals surface area contributed by atoms with Crippen LogP contribution in [-0.2, 0) is 4.74 Å². The Morgan fingerprint density at radius 3 is 2.42 bits per heavy atom. The number of ether oxygens (including phenoxy) is 1. The number of hydrogen-bond donors (Lipinski definition) is 0. The largest absolute Gasteiger partial charge is 0.447 e. The number of cyclic esters (lactones) is 1. The summed E-state index contributed by atoms with van der Waals surface area (Å²) in [6, 6.07) is 0. The van der Waals surface area contributed by atoms with Gasteiger partial charge in [0.15, 0.2) is 0 Å². The van der Waals surface area contributed by atoms with E-state index in [4.69, 9.17) is 4.74 Å². The molecule has 0 spiro atoms. The van der Waals surface area contributed by atoms with Crippen molar-refractivity contribution in [3.63, 3.8) is 0 Å². The maximum Gasteiger partial charge on any atom is 0.424 e. The van der Waals surface area contributed by atoms with E-state index < -0.39 is 0 Å². The summed E-state index contributed by atoms with van der Waals surface area (Å²) in [6.07, 6.45) is 3.52. The van der Waals surface area contributed by atoms with Crippen molar-refractivity contribution in [1.82, 2.24) is 10.0 Å². The highest BCUT2D eigenvalue weighted by Gasteiger charge is 2.28. The number of carbonyl (C=O) groups excluding carboxylic acids is 1. The molecule has 12 heavy (non-hydrogen) atoms. The minimum atomic E-state index is -0.170. The molecule has 0 bridgehead atoms. The first kappa shape index (κ1) is 7.86. The number of hydrazine groups is 1. The van der Waals surface area contributed by atoms with Gasteiger partial charge in [0.05, 0.1) is 6.54 Å². The monoisotopic (exact) mass is 170 g/mol. The van der Waals surface area contributed by atoms with Gasteiger partial charge in [-0.05, 0) is 12.8 Å². The molecular formula is C8H14N2O2. The molecule has 0 atom stereocenters. The molecule has 0 N–H and O–H groups in total. The first-order chi connectivity index (χ1) is 5.88. The normalized spacial score (nSPS) is 26.0. The molecule has 0 unspecified atom stereocenters. The van der Waals surface area contributed by atoms with Crippen LogP contribution in [0.5, 0.6) is 0 Å². The Morgan fingerprint density at radius 1 is 1.08 bits per heavy atom. The van der Waals surface area contributed by atoms with E-state index in [-0.39, 0.29) is 6.09 Å². The highest BCUT2D eigenvalue weighted by atomic mass is 16.6. The zero-order valence-corrected chi connectivity index (χ0v) is 7.16. The predicted molar refractivity (Wildman–Crippen MR) is 43.5 cm³/mol. The van der Waals surface area contributed by atoms with E-state index >= 15 is 0 Å². The van der Waals surface area contributed by atoms with Crippen LogP contribution < -0.4 is 0 Å². The van der Waals surface area contributed by atoms with Crippen LogP contribution in [0.15, 0.2) is 0 Å². The summed E-state index contributed by atoms with van der Waals surface area (Å²) < 4.78 is 4.86. The van der Waals surface area contributed by atoms with Crippen molar-refractivity contribution >= 4 is 6.09 Å². The molecule has 0 aliphatic carbocycles. The highest BCUT2D eigenvalue weighted by Crippen LogP contribution is 2.14. The summed E-state index contributed by atoms with van der Waals surface area (Å²) in [4.78, 5) is 11.1. The molecule has 0 saturated carbocycles. The van der Waals surface area contributed by atoms with Crippen molar-refractivity contribution in [2.24, 2.45) is 0 Å². The molecule has 2 saturated heterocycles. The number of amides is 1. The van der Waals surface area contributed by atoms with Crippen LogP contribution in [0, 0.1) is 0 Å². The second-order valence-corrected chi connectivity index (χ2v) is 3.25. The summed E-state index contributed by atoms with van der Waals surface area (Å²) in [7, 11) is 0. The first-order valence-corrected chi connectivity index (χ1v) is 4.57. The number of nitrogens with zero attached hydrogens (tertiary/aromatic N) is 2. The lowest BCUT2D eigenvalue weighted by Gasteiger charge is -2.32. The van der Waals surface area contributed by atoms with E-state index in [9.17, 15) is 4.79 Å². The Labute approximate surface area is 72.0 Å². The first-order valence-electron chi connectivity index (χ1n) is 4.57. The topological polar surface area (TPSA) is 32.8 Å². The lowest BCUT2D eigenvalue weighted by atomic mass is 10.2. The molecule has 2 heterocycles. The van der Waals surface area contributed by atoms with Crippen LogP contribution in [0.2, 0.25) is 0 Å². The third kappa shape index (κ3) is 1.39. The van der Waals surface area contributed by atoms with Crippen molar-refractivity contribution in [2.45, 2.75) is 19.3 Å². The Hall–Kier alpha value is -0.770. The molecule has 0 aromatic heterocycles. The summed E-state index contributed by atoms with van der Waals surface area (Å²) in [6.45, 7) is 3.30. The van der Waals surface area contributed by atoms with Gasteiger partial charge >= 0.3 is 6.09 Å². The van der Waals surface area contributed by atoms with Crippen LogP contribution in [0.1, 0.15) is 19.3 Å². The highest BCUT2D eigenvalue weighted by molar-refractivity contribution is 5.68. The predicted octanol–water partition coefficient (Wildman–Crippen LogP) is 0.840. The fourth-order valence-electron chi connectivity index (χ4n) is 1.76. The van der Waals surface area contributed by atoms with Gasteiger partial charge in [0.2, 0.25) is 0 Å². The summed E-state index contributed by atoms with van der Waals surface area (Å²) in [5.41, 5.74) is 0. The van der Waals surface area contributed by atoms with Gasteiger partial charge in [-0.3, -0.25) is 0 Å². The zero-order chi connectivity index (χ0) is 8.39. The number of carbonyl (C=O) groups is 1. The van der Waals surface area contributed by atoms with Crippen molar-refractivity contribution in [3.8, 4) is 0 Å². The van der Waals surface area contributed by atoms with Gasteiger partial charge in [0.25, 0.3) is 0 Å². The third-order valence-corrected chi connectivity index (χ3v) is 2.41. The van der Waals surface area contributed by atoms with Crippen molar-refractivity contribution in [1.29, 1.82) is 0 Å². The molecule has 4 nitrogen and oxygen atoms in total. The number of hydrogen-bond acceptors (Lipinski definition) is 3. The van der Waals surface area contributed by atoms with Gasteiger partial charge in [-0.2, -0.15) is 0 Å². The second-order valence-electron chi connectivity index (χ2n) is 3.25. The average molecular weight is 170 g/mol. The van der Waals surface area contributed by atoms with E-state index in [1.165, 1.54) is 19.3 Å². The maximum absolute atomic E-state index is 11.1. The lowest BCUT2D eigenvalue weighted by Crippen LogP contribution is -2.45. The molecule has 0 aromatic rings. The van der Waals surface area contributed by atoms with E-state index in [1.807, 2.05) is 0 Å². The van der Waals surface area contributed by atoms with Gasteiger partial charge in [-0.15, -0.1) is 0 Å². The van der Waals surface area contributed by atoms with Gasteiger partial charge < -0.3 is 4.74 Å². The molecule has 2 fully saturated rings. The third-order valence-electron chi connectivity index (χ3n) is 2.41. The standard InChI is InChI=1S/C8H14N2O2/c11-8-10(6-7-12-8)9-4-2-1-3-5-9/h1-7H2. The average Bonchev–Trinajstić information content (AvgIpc) is 2.53. The molecule has 2 aliphatic heterocycles. The van der Waals surface area contributed by atoms with Crippen LogP contribution in [0.4, 0.5) is 4.79 Å². The van der Waals surface area contributed by atoms with Crippen molar-refractivity contribution in [3.05, 3.63) is 0 Å². The molecule has 2 aliphatic rings. The fraction of sp³-hybridized carbons (Fsp3) is 0.875. The van der Waals surface area contributed by atoms with Crippen molar-refractivity contribution in [2.75, 3.05) is 26.2 Å². The quantitative estimate of drug-likeness (QED) is 0.584. The van der Waals surface area contributed by atoms with Crippen LogP contribution in [0.25, 0.3) is 0 Å². The van der Waals surface area contributed by atoms with Crippen molar-refractivity contribution < 1.29 is 9.53 Å². The summed E-state index contributed by atoms with van der Waals surface area (Å²) in [5.74, 6) is 0. The van der Waals surface area contributed by atoms with E-state index in [0.717, 1.165) is 19.6 Å². The van der Waals surface area contributed by atoms with Crippen LogP contribution >= 0.6 is 0 Å². The van der Waals surface area contributed by atoms with E-state index in [1.54, 1.807) is 5.01 Å². The number of rotatable bonds is 1. The smallest absolute Gasteiger partial charge is 0.424 e. The minimum absolute atomic E-state index is 0.170. The maximum atomic E-state index is 11.1. The Morgan fingerprint density at radius 2 is 1.83 bits per heavy atom. The van der Waals surface area contributed by atoms with Gasteiger partial charge in [-0.25, -0.2) is 14.8 Å². The number of piperidine rings is 1. The van der Waals surface area contributed by atoms with Crippen LogP contribution in [-0.4, -0.2) is 42.4 Å². The molecule has 0 aromatic carbocycles. The van der Waals surface area contributed by atoms with Gasteiger partial charge in [-0.1, -0.05) is 6.42 Å². The SMILES string of the molecule is O=C1OCCN1N1CCCCC1. The van der Waals surface area contributed by atoms with Gasteiger partial charge in [0.1, 0.15) is 6.61 Å². The molecule has 68 valence electrons. The molecule has 2 rings (SSSR count). The van der Waals surface area contributed by atoms with Gasteiger partial charge in [0, 0.05) is 13.1 Å². The fourth-order valence-corrected chi connectivity index (χ4v) is 1.76. The Balaban J connectivity index is 1.93. The van der Waals surface area contributed by atoms with E-state index in [2.05, 4.69) is 5.01 Å². The minimum Gasteiger partial charge on any atom is -0.447 e. The molecule has 1 amide bonds. The summed E-state index contributed by atoms with van der Waals surface area (Å²) >= 11 is 0. The Bertz CT molecular complexity index is 178. The Kier molecular flexibility index (Phi) is 2.17. The van der Waals surface area contributed by atoms with Crippen LogP contribution in [0.3, 0.4) is 0 Å². The second kappa shape index (κ2) is 3.31. The lowest BCUT2D eigenvalue weighted by molar-refractivity contribution is 0.00803. The molecule has 0 radical (unpaired) electrons. The molecule has 4 heteroatoms. The van der Waals surface area contributed by atoms with E-state index in [0.29, 0.717) is 6.61 Å². The summed E-state index contributed by atoms with van der Waals surface area (Å²) in [5, 5.41) is 3.85. The zero-order valence-electron chi connectivity index (χ0n) is 7.16. The molecular weight excluding hydrogens is 156 g/mol.